The standard InChI is InChI=1S/C12H17N3O4S/c1-15-4-11(13-7-15)20(17,18)14-12(16)8-2-9-5-19-6-10(9)3-8/h4,7-10H,2-3,5-6H2,1H3,(H,14,16)/t9-,10-/m1/s1. The Kier molecular flexibility index (Phi) is 3.29. The van der Waals surface area contributed by atoms with Crippen molar-refractivity contribution in [3.05, 3.63) is 12.5 Å². The molecule has 20 heavy (non-hydrogen) atoms. The van der Waals surface area contributed by atoms with Gasteiger partial charge in [-0.2, -0.15) is 8.42 Å². The summed E-state index contributed by atoms with van der Waals surface area (Å²) >= 11 is 0. The molecule has 2 aliphatic rings. The second-order valence-corrected chi connectivity index (χ2v) is 7.20. The van der Waals surface area contributed by atoms with E-state index in [0.717, 1.165) is 0 Å². The van der Waals surface area contributed by atoms with Crippen LogP contribution in [0.25, 0.3) is 0 Å². The van der Waals surface area contributed by atoms with E-state index in [0.29, 0.717) is 37.9 Å². The Bertz CT molecular complexity index is 612. The molecule has 1 aromatic rings. The molecule has 1 saturated carbocycles. The molecule has 0 aromatic carbocycles. The van der Waals surface area contributed by atoms with Gasteiger partial charge in [0.1, 0.15) is 0 Å². The maximum Gasteiger partial charge on any atom is 0.283 e. The number of fused-ring (bicyclic) bond motifs is 1. The number of amides is 1. The van der Waals surface area contributed by atoms with Gasteiger partial charge < -0.3 is 9.30 Å². The number of hydrogen-bond acceptors (Lipinski definition) is 5. The Labute approximate surface area is 117 Å². The van der Waals surface area contributed by atoms with Crippen LogP contribution in [0.2, 0.25) is 0 Å². The van der Waals surface area contributed by atoms with E-state index in [9.17, 15) is 13.2 Å². The van der Waals surface area contributed by atoms with Gasteiger partial charge in [0, 0.05) is 32.4 Å². The van der Waals surface area contributed by atoms with Gasteiger partial charge in [-0.3, -0.25) is 4.79 Å². The first-order chi connectivity index (χ1) is 9.45. The number of nitrogens with one attached hydrogen (secondary N) is 1. The molecule has 110 valence electrons. The fourth-order valence-corrected chi connectivity index (χ4v) is 4.03. The largest absolute Gasteiger partial charge is 0.381 e. The van der Waals surface area contributed by atoms with Crippen molar-refractivity contribution in [3.63, 3.8) is 0 Å². The minimum atomic E-state index is -3.86. The van der Waals surface area contributed by atoms with Crippen molar-refractivity contribution in [1.82, 2.24) is 14.3 Å². The van der Waals surface area contributed by atoms with Crippen LogP contribution in [0.1, 0.15) is 12.8 Å². The molecule has 1 N–H and O–H groups in total. The van der Waals surface area contributed by atoms with Crippen LogP contribution in [0.3, 0.4) is 0 Å². The lowest BCUT2D eigenvalue weighted by atomic mass is 10.0. The molecule has 1 aliphatic carbocycles. The molecule has 8 heteroatoms. The number of aryl methyl sites for hydroxylation is 1. The Morgan fingerprint density at radius 2 is 2.05 bits per heavy atom. The number of aromatic nitrogens is 2. The van der Waals surface area contributed by atoms with Crippen molar-refractivity contribution in [3.8, 4) is 0 Å². The summed E-state index contributed by atoms with van der Waals surface area (Å²) < 4.78 is 33.1. The van der Waals surface area contributed by atoms with Gasteiger partial charge in [0.25, 0.3) is 10.0 Å². The Hall–Kier alpha value is -1.41. The number of rotatable bonds is 3. The number of imidazole rings is 1. The highest BCUT2D eigenvalue weighted by Gasteiger charge is 2.42. The molecule has 1 aliphatic heterocycles. The van der Waals surface area contributed by atoms with E-state index in [4.69, 9.17) is 4.74 Å². The average molecular weight is 299 g/mol. The SMILES string of the molecule is Cn1cnc(S(=O)(=O)NC(=O)C2C[C@@H]3COC[C@H]3C2)c1. The first kappa shape index (κ1) is 13.6. The zero-order valence-electron chi connectivity index (χ0n) is 11.2. The molecule has 1 amide bonds. The van der Waals surface area contributed by atoms with Crippen LogP contribution in [0.4, 0.5) is 0 Å². The third kappa shape index (κ3) is 2.45. The summed E-state index contributed by atoms with van der Waals surface area (Å²) in [7, 11) is -2.19. The Morgan fingerprint density at radius 3 is 2.60 bits per heavy atom. The number of sulfonamides is 1. The number of ether oxygens (including phenoxy) is 1. The zero-order chi connectivity index (χ0) is 14.3. The van der Waals surface area contributed by atoms with E-state index in [-0.39, 0.29) is 10.9 Å². The monoisotopic (exact) mass is 299 g/mol. The highest BCUT2D eigenvalue weighted by molar-refractivity contribution is 7.90. The summed E-state index contributed by atoms with van der Waals surface area (Å²) in [6.45, 7) is 1.36. The topological polar surface area (TPSA) is 90.3 Å². The van der Waals surface area contributed by atoms with Crippen LogP contribution < -0.4 is 4.72 Å². The fraction of sp³-hybridized carbons (Fsp3) is 0.667. The van der Waals surface area contributed by atoms with E-state index in [1.807, 2.05) is 0 Å². The van der Waals surface area contributed by atoms with Gasteiger partial charge in [-0.1, -0.05) is 0 Å². The summed E-state index contributed by atoms with van der Waals surface area (Å²) in [5, 5.41) is -0.130. The van der Waals surface area contributed by atoms with E-state index in [1.165, 1.54) is 17.1 Å². The molecule has 7 nitrogen and oxygen atoms in total. The van der Waals surface area contributed by atoms with Crippen LogP contribution in [0.15, 0.2) is 17.6 Å². The molecular weight excluding hydrogens is 282 g/mol. The number of nitrogens with zero attached hydrogens (tertiary/aromatic N) is 2. The predicted octanol–water partition coefficient (Wildman–Crippen LogP) is -0.102. The molecule has 2 fully saturated rings. The van der Waals surface area contributed by atoms with E-state index >= 15 is 0 Å². The Morgan fingerprint density at radius 1 is 1.40 bits per heavy atom. The number of carbonyl (C=O) groups excluding carboxylic acids is 1. The molecule has 0 unspecified atom stereocenters. The van der Waals surface area contributed by atoms with Crippen LogP contribution >= 0.6 is 0 Å². The second-order valence-electron chi connectivity index (χ2n) is 5.57. The van der Waals surface area contributed by atoms with Crippen LogP contribution in [-0.2, 0) is 26.6 Å². The van der Waals surface area contributed by atoms with E-state index in [2.05, 4.69) is 9.71 Å². The maximum absolute atomic E-state index is 12.1. The first-order valence-corrected chi connectivity index (χ1v) is 8.06. The highest BCUT2D eigenvalue weighted by Crippen LogP contribution is 2.40. The van der Waals surface area contributed by atoms with Crippen molar-refractivity contribution in [1.29, 1.82) is 0 Å². The van der Waals surface area contributed by atoms with Gasteiger partial charge in [0.15, 0.2) is 5.03 Å². The average Bonchev–Trinajstić information content (AvgIpc) is 3.01. The fourth-order valence-electron chi connectivity index (χ4n) is 3.00. The molecular formula is C12H17N3O4S. The van der Waals surface area contributed by atoms with Crippen molar-refractivity contribution >= 4 is 15.9 Å². The summed E-state index contributed by atoms with van der Waals surface area (Å²) in [4.78, 5) is 15.9. The smallest absolute Gasteiger partial charge is 0.283 e. The van der Waals surface area contributed by atoms with Crippen molar-refractivity contribution in [2.24, 2.45) is 24.8 Å². The summed E-state index contributed by atoms with van der Waals surface area (Å²) in [5.74, 6) is 0.115. The Balaban J connectivity index is 1.67. The van der Waals surface area contributed by atoms with Gasteiger partial charge in [-0.15, -0.1) is 0 Å². The maximum atomic E-state index is 12.1. The van der Waals surface area contributed by atoms with Crippen molar-refractivity contribution in [2.45, 2.75) is 17.9 Å². The normalized spacial score (nSPS) is 26.6. The minimum absolute atomic E-state index is 0.130. The summed E-state index contributed by atoms with van der Waals surface area (Å²) in [5.41, 5.74) is 0. The molecule has 2 heterocycles. The second kappa shape index (κ2) is 4.85. The lowest BCUT2D eigenvalue weighted by Crippen LogP contribution is -2.35. The molecule has 1 saturated heterocycles. The van der Waals surface area contributed by atoms with Gasteiger partial charge >= 0.3 is 0 Å². The van der Waals surface area contributed by atoms with Crippen LogP contribution in [0, 0.1) is 17.8 Å². The molecule has 0 spiro atoms. The third-order valence-electron chi connectivity index (χ3n) is 4.07. The molecule has 2 atom stereocenters. The van der Waals surface area contributed by atoms with Crippen LogP contribution in [-0.4, -0.2) is 37.1 Å². The third-order valence-corrected chi connectivity index (χ3v) is 5.30. The van der Waals surface area contributed by atoms with Gasteiger partial charge in [0.05, 0.1) is 6.33 Å². The van der Waals surface area contributed by atoms with Gasteiger partial charge in [0.2, 0.25) is 5.91 Å². The minimum Gasteiger partial charge on any atom is -0.381 e. The van der Waals surface area contributed by atoms with Crippen molar-refractivity contribution < 1.29 is 17.9 Å². The quantitative estimate of drug-likeness (QED) is 0.841. The summed E-state index contributed by atoms with van der Waals surface area (Å²) in [6, 6.07) is 0. The number of carbonyl (C=O) groups is 1. The van der Waals surface area contributed by atoms with E-state index < -0.39 is 15.9 Å². The predicted molar refractivity (Wildman–Crippen MR) is 69.1 cm³/mol. The van der Waals surface area contributed by atoms with Gasteiger partial charge in [-0.05, 0) is 24.7 Å². The van der Waals surface area contributed by atoms with E-state index in [1.54, 1.807) is 7.05 Å². The highest BCUT2D eigenvalue weighted by atomic mass is 32.2. The molecule has 3 rings (SSSR count). The number of hydrogen-bond donors (Lipinski definition) is 1. The van der Waals surface area contributed by atoms with Gasteiger partial charge in [-0.25, -0.2) is 9.71 Å². The molecule has 1 aromatic heterocycles. The lowest BCUT2D eigenvalue weighted by Gasteiger charge is -2.11. The molecule has 0 bridgehead atoms. The van der Waals surface area contributed by atoms with Crippen LogP contribution in [0.5, 0.6) is 0 Å². The molecule has 0 radical (unpaired) electrons. The lowest BCUT2D eigenvalue weighted by molar-refractivity contribution is -0.123. The van der Waals surface area contributed by atoms with Crippen molar-refractivity contribution in [2.75, 3.05) is 13.2 Å². The zero-order valence-corrected chi connectivity index (χ0v) is 12.0. The summed E-state index contributed by atoms with van der Waals surface area (Å²) in [6.07, 6.45) is 4.16. The first-order valence-electron chi connectivity index (χ1n) is 6.58.